The van der Waals surface area contributed by atoms with E-state index in [9.17, 15) is 14.7 Å². The minimum Gasteiger partial charge on any atom is -0.480 e. The van der Waals surface area contributed by atoms with Crippen LogP contribution < -0.4 is 5.32 Å². The van der Waals surface area contributed by atoms with E-state index < -0.39 is 24.1 Å². The Kier molecular flexibility index (Phi) is 4.45. The Morgan fingerprint density at radius 1 is 1.48 bits per heavy atom. The molecule has 0 bridgehead atoms. The largest absolute Gasteiger partial charge is 0.480 e. The Balaban J connectivity index is 2.18. The van der Waals surface area contributed by atoms with Crippen LogP contribution in [-0.2, 0) is 4.79 Å². The molecule has 1 aromatic rings. The molecular formula is C13H12BrN3O4. The molecule has 8 heteroatoms. The third-order valence-electron chi connectivity index (χ3n) is 3.17. The number of aliphatic carboxylic acids is 1. The molecule has 0 radical (unpaired) electrons. The minimum atomic E-state index is -1.17. The molecule has 2 atom stereocenters. The Morgan fingerprint density at radius 3 is 2.81 bits per heavy atom. The number of likely N-dealkylation sites (tertiary alicyclic amines) is 1. The number of aliphatic hydroxyl groups is 1. The number of aliphatic hydroxyl groups excluding tert-OH is 1. The number of carbonyl (C=O) groups is 2. The van der Waals surface area contributed by atoms with Crippen molar-refractivity contribution < 1.29 is 19.8 Å². The average Bonchev–Trinajstić information content (AvgIpc) is 2.83. The van der Waals surface area contributed by atoms with Gasteiger partial charge < -0.3 is 20.4 Å². The summed E-state index contributed by atoms with van der Waals surface area (Å²) < 4.78 is 0.692. The van der Waals surface area contributed by atoms with Gasteiger partial charge in [0.25, 0.3) is 0 Å². The number of rotatable bonds is 2. The molecular weight excluding hydrogens is 342 g/mol. The number of anilines is 1. The van der Waals surface area contributed by atoms with Gasteiger partial charge in [-0.15, -0.1) is 0 Å². The quantitative estimate of drug-likeness (QED) is 0.742. The van der Waals surface area contributed by atoms with Crippen molar-refractivity contribution in [3.63, 3.8) is 0 Å². The Hall–Kier alpha value is -2.11. The van der Waals surface area contributed by atoms with Gasteiger partial charge in [-0.3, -0.25) is 0 Å². The number of carbonyl (C=O) groups excluding carboxylic acids is 1. The maximum atomic E-state index is 12.1. The molecule has 1 aliphatic heterocycles. The average molecular weight is 354 g/mol. The molecule has 0 saturated carbocycles. The minimum absolute atomic E-state index is 0.00576. The fourth-order valence-corrected chi connectivity index (χ4v) is 2.54. The molecule has 0 aliphatic carbocycles. The van der Waals surface area contributed by atoms with Crippen LogP contribution in [0.3, 0.4) is 0 Å². The standard InChI is InChI=1S/C13H12BrN3O4/c14-8-1-2-10(7(3-8)5-15)16-13(21)17-6-9(18)4-11(17)12(19)20/h1-3,9,11,18H,4,6H2,(H,16,21)(H,19,20). The lowest BCUT2D eigenvalue weighted by atomic mass is 10.2. The van der Waals surface area contributed by atoms with Crippen molar-refractivity contribution >= 4 is 33.6 Å². The van der Waals surface area contributed by atoms with Crippen LogP contribution in [0, 0.1) is 11.3 Å². The molecule has 3 N–H and O–H groups in total. The lowest BCUT2D eigenvalue weighted by Gasteiger charge is -2.21. The van der Waals surface area contributed by atoms with Gasteiger partial charge in [-0.05, 0) is 18.2 Å². The lowest BCUT2D eigenvalue weighted by molar-refractivity contribution is -0.141. The first-order valence-corrected chi connectivity index (χ1v) is 6.90. The van der Waals surface area contributed by atoms with E-state index in [0.29, 0.717) is 4.47 Å². The van der Waals surface area contributed by atoms with Crippen molar-refractivity contribution in [2.24, 2.45) is 0 Å². The van der Waals surface area contributed by atoms with Gasteiger partial charge in [-0.25, -0.2) is 9.59 Å². The van der Waals surface area contributed by atoms with Crippen molar-refractivity contribution in [3.8, 4) is 6.07 Å². The summed E-state index contributed by atoms with van der Waals surface area (Å²) in [7, 11) is 0. The molecule has 1 aromatic carbocycles. The van der Waals surface area contributed by atoms with Crippen molar-refractivity contribution in [2.45, 2.75) is 18.6 Å². The van der Waals surface area contributed by atoms with Gasteiger partial charge in [0.2, 0.25) is 0 Å². The van der Waals surface area contributed by atoms with E-state index in [1.54, 1.807) is 18.2 Å². The molecule has 110 valence electrons. The van der Waals surface area contributed by atoms with E-state index in [1.807, 2.05) is 6.07 Å². The van der Waals surface area contributed by atoms with Crippen LogP contribution >= 0.6 is 15.9 Å². The number of halogens is 1. The second-order valence-electron chi connectivity index (χ2n) is 4.63. The number of amides is 2. The van der Waals surface area contributed by atoms with Gasteiger partial charge in [0.15, 0.2) is 0 Å². The summed E-state index contributed by atoms with van der Waals surface area (Å²) >= 11 is 3.22. The van der Waals surface area contributed by atoms with Gasteiger partial charge in [-0.2, -0.15) is 5.26 Å². The molecule has 1 heterocycles. The van der Waals surface area contributed by atoms with Crippen molar-refractivity contribution in [1.82, 2.24) is 4.90 Å². The van der Waals surface area contributed by atoms with Crippen LogP contribution in [0.15, 0.2) is 22.7 Å². The van der Waals surface area contributed by atoms with Crippen LogP contribution in [-0.4, -0.2) is 45.8 Å². The maximum absolute atomic E-state index is 12.1. The first-order chi connectivity index (χ1) is 9.92. The van der Waals surface area contributed by atoms with Gasteiger partial charge in [-0.1, -0.05) is 15.9 Å². The monoisotopic (exact) mass is 353 g/mol. The van der Waals surface area contributed by atoms with Gasteiger partial charge in [0.05, 0.1) is 17.4 Å². The zero-order chi connectivity index (χ0) is 15.6. The first-order valence-electron chi connectivity index (χ1n) is 6.10. The smallest absolute Gasteiger partial charge is 0.326 e. The van der Waals surface area contributed by atoms with Crippen LogP contribution in [0.2, 0.25) is 0 Å². The number of carboxylic acid groups (broad SMARTS) is 1. The van der Waals surface area contributed by atoms with Crippen LogP contribution in [0.4, 0.5) is 10.5 Å². The Labute approximate surface area is 128 Å². The summed E-state index contributed by atoms with van der Waals surface area (Å²) in [4.78, 5) is 24.3. The second kappa shape index (κ2) is 6.11. The highest BCUT2D eigenvalue weighted by molar-refractivity contribution is 9.10. The molecule has 1 fully saturated rings. The Morgan fingerprint density at radius 2 is 2.19 bits per heavy atom. The molecule has 21 heavy (non-hydrogen) atoms. The van der Waals surface area contributed by atoms with E-state index in [2.05, 4.69) is 21.2 Å². The molecule has 2 amide bonds. The Bertz CT molecular complexity index is 628. The molecule has 2 unspecified atom stereocenters. The summed E-state index contributed by atoms with van der Waals surface area (Å²) in [6.45, 7) is -0.0544. The number of nitriles is 1. The van der Waals surface area contributed by atoms with E-state index in [4.69, 9.17) is 10.4 Å². The van der Waals surface area contributed by atoms with E-state index in [1.165, 1.54) is 0 Å². The molecule has 1 aliphatic rings. The number of carboxylic acids is 1. The highest BCUT2D eigenvalue weighted by Crippen LogP contribution is 2.23. The number of β-amino-alcohol motifs (C(OH)–C–C–N with tert-alkyl or cyclic N) is 1. The molecule has 1 saturated heterocycles. The number of benzene rings is 1. The van der Waals surface area contributed by atoms with E-state index >= 15 is 0 Å². The fourth-order valence-electron chi connectivity index (χ4n) is 2.18. The summed E-state index contributed by atoms with van der Waals surface area (Å²) in [6, 6.07) is 4.97. The molecule has 7 nitrogen and oxygen atoms in total. The molecule has 0 spiro atoms. The van der Waals surface area contributed by atoms with Gasteiger partial charge in [0.1, 0.15) is 12.1 Å². The summed E-state index contributed by atoms with van der Waals surface area (Å²) in [6.07, 6.45) is -0.869. The number of hydrogen-bond acceptors (Lipinski definition) is 4. The van der Waals surface area contributed by atoms with Crippen LogP contribution in [0.25, 0.3) is 0 Å². The third kappa shape index (κ3) is 3.32. The van der Waals surface area contributed by atoms with Crippen molar-refractivity contribution in [1.29, 1.82) is 5.26 Å². The SMILES string of the molecule is N#Cc1cc(Br)ccc1NC(=O)N1CC(O)CC1C(=O)O. The van der Waals surface area contributed by atoms with Crippen molar-refractivity contribution in [3.05, 3.63) is 28.2 Å². The first kappa shape index (κ1) is 15.3. The lowest BCUT2D eigenvalue weighted by Crippen LogP contribution is -2.43. The van der Waals surface area contributed by atoms with Crippen LogP contribution in [0.5, 0.6) is 0 Å². The number of hydrogen-bond donors (Lipinski definition) is 3. The third-order valence-corrected chi connectivity index (χ3v) is 3.66. The van der Waals surface area contributed by atoms with E-state index in [-0.39, 0.29) is 24.2 Å². The number of nitrogens with one attached hydrogen (secondary N) is 1. The van der Waals surface area contributed by atoms with Crippen LogP contribution in [0.1, 0.15) is 12.0 Å². The maximum Gasteiger partial charge on any atom is 0.326 e. The normalized spacial score (nSPS) is 20.9. The molecule has 2 rings (SSSR count). The topological polar surface area (TPSA) is 114 Å². The molecule has 0 aromatic heterocycles. The zero-order valence-corrected chi connectivity index (χ0v) is 12.4. The second-order valence-corrected chi connectivity index (χ2v) is 5.54. The van der Waals surface area contributed by atoms with Gasteiger partial charge in [0, 0.05) is 17.4 Å². The number of urea groups is 1. The predicted octanol–water partition coefficient (Wildman–Crippen LogP) is 1.37. The zero-order valence-electron chi connectivity index (χ0n) is 10.8. The van der Waals surface area contributed by atoms with E-state index in [0.717, 1.165) is 4.90 Å². The highest BCUT2D eigenvalue weighted by Gasteiger charge is 2.39. The highest BCUT2D eigenvalue weighted by atomic mass is 79.9. The predicted molar refractivity (Wildman–Crippen MR) is 76.6 cm³/mol. The summed E-state index contributed by atoms with van der Waals surface area (Å²) in [5.41, 5.74) is 0.542. The fraction of sp³-hybridized carbons (Fsp3) is 0.308. The van der Waals surface area contributed by atoms with Crippen molar-refractivity contribution in [2.75, 3.05) is 11.9 Å². The number of nitrogens with zero attached hydrogens (tertiary/aromatic N) is 2. The summed E-state index contributed by atoms with van der Waals surface area (Å²) in [5.74, 6) is -1.17. The van der Waals surface area contributed by atoms with Gasteiger partial charge >= 0.3 is 12.0 Å². The summed E-state index contributed by atoms with van der Waals surface area (Å²) in [5, 5.41) is 30.1.